The number of hydrogen-bond donors (Lipinski definition) is 2. The van der Waals surface area contributed by atoms with Crippen LogP contribution in [0.15, 0.2) is 18.2 Å². The molecule has 1 rings (SSSR count). The topological polar surface area (TPSA) is 32.3 Å². The first-order valence-electron chi connectivity index (χ1n) is 5.11. The standard InChI is InChI=1S/C12H19NO/c1-9(2)11-6-4-5-10(3)12(11)13-7-8-14/h4-6,9,13-14H,7-8H2,1-3H3. The van der Waals surface area contributed by atoms with Crippen molar-refractivity contribution in [1.29, 1.82) is 0 Å². The fourth-order valence-corrected chi connectivity index (χ4v) is 1.59. The number of aliphatic hydroxyl groups is 1. The van der Waals surface area contributed by atoms with E-state index in [0.29, 0.717) is 12.5 Å². The summed E-state index contributed by atoms with van der Waals surface area (Å²) in [4.78, 5) is 0. The Morgan fingerprint density at radius 1 is 1.36 bits per heavy atom. The van der Waals surface area contributed by atoms with E-state index in [9.17, 15) is 0 Å². The second kappa shape index (κ2) is 5.01. The fraction of sp³-hybridized carbons (Fsp3) is 0.500. The zero-order valence-electron chi connectivity index (χ0n) is 9.17. The molecular formula is C12H19NO. The Balaban J connectivity index is 2.96. The minimum absolute atomic E-state index is 0.172. The van der Waals surface area contributed by atoms with Crippen molar-refractivity contribution in [1.82, 2.24) is 0 Å². The maximum atomic E-state index is 8.79. The van der Waals surface area contributed by atoms with Crippen LogP contribution in [0.2, 0.25) is 0 Å². The molecule has 0 aliphatic rings. The molecule has 0 fully saturated rings. The van der Waals surface area contributed by atoms with Crippen LogP contribution in [-0.4, -0.2) is 18.3 Å². The molecule has 0 spiro atoms. The second-order valence-corrected chi connectivity index (χ2v) is 3.84. The number of benzene rings is 1. The normalized spacial score (nSPS) is 10.6. The monoisotopic (exact) mass is 193 g/mol. The summed E-state index contributed by atoms with van der Waals surface area (Å²) < 4.78 is 0. The molecule has 0 atom stereocenters. The zero-order chi connectivity index (χ0) is 10.6. The molecule has 0 aliphatic carbocycles. The van der Waals surface area contributed by atoms with Crippen LogP contribution in [0, 0.1) is 6.92 Å². The lowest BCUT2D eigenvalue weighted by atomic mass is 9.98. The first-order chi connectivity index (χ1) is 6.66. The van der Waals surface area contributed by atoms with Gasteiger partial charge in [-0.15, -0.1) is 0 Å². The lowest BCUT2D eigenvalue weighted by molar-refractivity contribution is 0.311. The van der Waals surface area contributed by atoms with E-state index in [0.717, 1.165) is 0 Å². The first kappa shape index (κ1) is 11.1. The molecule has 2 nitrogen and oxygen atoms in total. The maximum absolute atomic E-state index is 8.79. The lowest BCUT2D eigenvalue weighted by Gasteiger charge is -2.16. The van der Waals surface area contributed by atoms with Crippen LogP contribution in [0.1, 0.15) is 30.9 Å². The predicted molar refractivity (Wildman–Crippen MR) is 60.8 cm³/mol. The van der Waals surface area contributed by atoms with E-state index in [1.807, 2.05) is 0 Å². The molecule has 0 saturated carbocycles. The van der Waals surface area contributed by atoms with Gasteiger partial charge in [-0.05, 0) is 24.0 Å². The molecule has 0 radical (unpaired) electrons. The summed E-state index contributed by atoms with van der Waals surface area (Å²) in [5, 5.41) is 12.0. The van der Waals surface area contributed by atoms with Gasteiger partial charge in [0.2, 0.25) is 0 Å². The van der Waals surface area contributed by atoms with Crippen molar-refractivity contribution in [3.05, 3.63) is 29.3 Å². The molecule has 0 heterocycles. The molecule has 1 aromatic rings. The van der Waals surface area contributed by atoms with Gasteiger partial charge in [0, 0.05) is 12.2 Å². The summed E-state index contributed by atoms with van der Waals surface area (Å²) in [5.74, 6) is 0.510. The molecule has 0 aromatic heterocycles. The molecule has 0 amide bonds. The smallest absolute Gasteiger partial charge is 0.0604 e. The van der Waals surface area contributed by atoms with Gasteiger partial charge in [0.05, 0.1) is 6.61 Å². The molecule has 2 N–H and O–H groups in total. The van der Waals surface area contributed by atoms with Crippen LogP contribution in [-0.2, 0) is 0 Å². The van der Waals surface area contributed by atoms with Gasteiger partial charge in [-0.1, -0.05) is 32.0 Å². The molecule has 0 aliphatic heterocycles. The van der Waals surface area contributed by atoms with Crippen LogP contribution in [0.5, 0.6) is 0 Å². The maximum Gasteiger partial charge on any atom is 0.0604 e. The van der Waals surface area contributed by atoms with E-state index in [2.05, 4.69) is 44.3 Å². The molecule has 0 bridgehead atoms. The van der Waals surface area contributed by atoms with E-state index < -0.39 is 0 Å². The van der Waals surface area contributed by atoms with Crippen molar-refractivity contribution < 1.29 is 5.11 Å². The van der Waals surface area contributed by atoms with Gasteiger partial charge in [0.1, 0.15) is 0 Å². The van der Waals surface area contributed by atoms with Gasteiger partial charge in [0.25, 0.3) is 0 Å². The molecular weight excluding hydrogens is 174 g/mol. The van der Waals surface area contributed by atoms with E-state index >= 15 is 0 Å². The summed E-state index contributed by atoms with van der Waals surface area (Å²) in [6, 6.07) is 6.30. The molecule has 0 unspecified atom stereocenters. The van der Waals surface area contributed by atoms with Gasteiger partial charge in [-0.2, -0.15) is 0 Å². The Morgan fingerprint density at radius 2 is 2.07 bits per heavy atom. The van der Waals surface area contributed by atoms with Gasteiger partial charge < -0.3 is 10.4 Å². The second-order valence-electron chi connectivity index (χ2n) is 3.84. The van der Waals surface area contributed by atoms with Crippen molar-refractivity contribution in [2.45, 2.75) is 26.7 Å². The predicted octanol–water partition coefficient (Wildman–Crippen LogP) is 2.52. The highest BCUT2D eigenvalue weighted by atomic mass is 16.3. The largest absolute Gasteiger partial charge is 0.395 e. The van der Waals surface area contributed by atoms with E-state index in [1.165, 1.54) is 16.8 Å². The van der Waals surface area contributed by atoms with Crippen molar-refractivity contribution in [2.75, 3.05) is 18.5 Å². The highest BCUT2D eigenvalue weighted by Crippen LogP contribution is 2.26. The van der Waals surface area contributed by atoms with E-state index in [1.54, 1.807) is 0 Å². The average Bonchev–Trinajstić information content (AvgIpc) is 2.15. The lowest BCUT2D eigenvalue weighted by Crippen LogP contribution is -2.09. The van der Waals surface area contributed by atoms with Crippen molar-refractivity contribution in [2.24, 2.45) is 0 Å². The van der Waals surface area contributed by atoms with Crippen LogP contribution in [0.3, 0.4) is 0 Å². The molecule has 1 aromatic carbocycles. The van der Waals surface area contributed by atoms with Gasteiger partial charge >= 0.3 is 0 Å². The Labute approximate surface area is 86.0 Å². The number of anilines is 1. The number of hydrogen-bond acceptors (Lipinski definition) is 2. The Bertz CT molecular complexity index is 294. The highest BCUT2D eigenvalue weighted by molar-refractivity contribution is 5.58. The summed E-state index contributed by atoms with van der Waals surface area (Å²) in [6.07, 6.45) is 0. The summed E-state index contributed by atoms with van der Waals surface area (Å²) in [6.45, 7) is 7.24. The average molecular weight is 193 g/mol. The molecule has 78 valence electrons. The third-order valence-corrected chi connectivity index (χ3v) is 2.34. The summed E-state index contributed by atoms with van der Waals surface area (Å²) in [7, 11) is 0. The zero-order valence-corrected chi connectivity index (χ0v) is 9.17. The SMILES string of the molecule is Cc1cccc(C(C)C)c1NCCO. The molecule has 2 heteroatoms. The van der Waals surface area contributed by atoms with Gasteiger partial charge in [0.15, 0.2) is 0 Å². The third-order valence-electron chi connectivity index (χ3n) is 2.34. The Hall–Kier alpha value is -1.02. The van der Waals surface area contributed by atoms with Crippen LogP contribution in [0.4, 0.5) is 5.69 Å². The summed E-state index contributed by atoms with van der Waals surface area (Å²) in [5.41, 5.74) is 3.74. The number of aryl methyl sites for hydroxylation is 1. The number of aliphatic hydroxyl groups excluding tert-OH is 1. The van der Waals surface area contributed by atoms with Gasteiger partial charge in [-0.25, -0.2) is 0 Å². The number of nitrogens with one attached hydrogen (secondary N) is 1. The number of para-hydroxylation sites is 1. The molecule has 0 saturated heterocycles. The highest BCUT2D eigenvalue weighted by Gasteiger charge is 2.07. The summed E-state index contributed by atoms with van der Waals surface area (Å²) >= 11 is 0. The van der Waals surface area contributed by atoms with Crippen LogP contribution < -0.4 is 5.32 Å². The minimum atomic E-state index is 0.172. The third kappa shape index (κ3) is 2.48. The fourth-order valence-electron chi connectivity index (χ4n) is 1.59. The Kier molecular flexibility index (Phi) is 3.96. The number of rotatable bonds is 4. The van der Waals surface area contributed by atoms with E-state index in [4.69, 9.17) is 5.11 Å². The van der Waals surface area contributed by atoms with Crippen LogP contribution >= 0.6 is 0 Å². The van der Waals surface area contributed by atoms with E-state index in [-0.39, 0.29) is 6.61 Å². The van der Waals surface area contributed by atoms with Crippen molar-refractivity contribution in [3.63, 3.8) is 0 Å². The van der Waals surface area contributed by atoms with Gasteiger partial charge in [-0.3, -0.25) is 0 Å². The van der Waals surface area contributed by atoms with Crippen LogP contribution in [0.25, 0.3) is 0 Å². The quantitative estimate of drug-likeness (QED) is 0.770. The van der Waals surface area contributed by atoms with Crippen molar-refractivity contribution >= 4 is 5.69 Å². The Morgan fingerprint density at radius 3 is 2.64 bits per heavy atom. The molecule has 14 heavy (non-hydrogen) atoms. The van der Waals surface area contributed by atoms with Crippen molar-refractivity contribution in [3.8, 4) is 0 Å². The minimum Gasteiger partial charge on any atom is -0.395 e. The first-order valence-corrected chi connectivity index (χ1v) is 5.11.